The van der Waals surface area contributed by atoms with Crippen LogP contribution in [0.3, 0.4) is 0 Å². The molecule has 1 unspecified atom stereocenters. The van der Waals surface area contributed by atoms with Crippen molar-refractivity contribution in [2.24, 2.45) is 7.05 Å². The van der Waals surface area contributed by atoms with Crippen molar-refractivity contribution in [3.05, 3.63) is 57.4 Å². The van der Waals surface area contributed by atoms with Crippen molar-refractivity contribution in [1.82, 2.24) is 15.1 Å². The van der Waals surface area contributed by atoms with Gasteiger partial charge in [-0.05, 0) is 18.9 Å². The third-order valence-electron chi connectivity index (χ3n) is 3.41. The SMILES string of the molecule is CCC(NC(=O)c1nn(C)cc1[N+](=O)[O-])c1ccc(C)cc1. The van der Waals surface area contributed by atoms with Gasteiger partial charge in [-0.15, -0.1) is 0 Å². The van der Waals surface area contributed by atoms with E-state index in [-0.39, 0.29) is 17.4 Å². The van der Waals surface area contributed by atoms with E-state index < -0.39 is 10.8 Å². The van der Waals surface area contributed by atoms with E-state index in [1.165, 1.54) is 10.9 Å². The lowest BCUT2D eigenvalue weighted by atomic mass is 10.0. The van der Waals surface area contributed by atoms with Gasteiger partial charge in [-0.1, -0.05) is 36.8 Å². The Bertz CT molecular complexity index is 691. The molecule has 1 atom stereocenters. The molecule has 116 valence electrons. The number of rotatable bonds is 5. The zero-order valence-corrected chi connectivity index (χ0v) is 12.7. The van der Waals surface area contributed by atoms with Gasteiger partial charge in [0.2, 0.25) is 5.69 Å². The minimum atomic E-state index is -0.602. The van der Waals surface area contributed by atoms with Gasteiger partial charge >= 0.3 is 5.69 Å². The molecule has 0 spiro atoms. The first-order valence-electron chi connectivity index (χ1n) is 6.97. The quantitative estimate of drug-likeness (QED) is 0.678. The lowest BCUT2D eigenvalue weighted by Gasteiger charge is -2.16. The average Bonchev–Trinajstić information content (AvgIpc) is 2.88. The van der Waals surface area contributed by atoms with Crippen molar-refractivity contribution in [3.63, 3.8) is 0 Å². The second kappa shape index (κ2) is 6.38. The molecular formula is C15H18N4O3. The Morgan fingerprint density at radius 2 is 2.05 bits per heavy atom. The maximum Gasteiger partial charge on any atom is 0.320 e. The summed E-state index contributed by atoms with van der Waals surface area (Å²) in [5.41, 5.74) is 1.63. The molecule has 2 rings (SSSR count). The van der Waals surface area contributed by atoms with Crippen molar-refractivity contribution in [2.45, 2.75) is 26.3 Å². The molecule has 22 heavy (non-hydrogen) atoms. The second-order valence-electron chi connectivity index (χ2n) is 5.14. The van der Waals surface area contributed by atoms with Crippen molar-refractivity contribution in [1.29, 1.82) is 0 Å². The largest absolute Gasteiger partial charge is 0.344 e. The molecule has 0 fully saturated rings. The smallest absolute Gasteiger partial charge is 0.320 e. The fourth-order valence-electron chi connectivity index (χ4n) is 2.22. The minimum Gasteiger partial charge on any atom is -0.344 e. The normalized spacial score (nSPS) is 12.0. The fourth-order valence-corrected chi connectivity index (χ4v) is 2.22. The average molecular weight is 302 g/mol. The third-order valence-corrected chi connectivity index (χ3v) is 3.41. The van der Waals surface area contributed by atoms with Gasteiger partial charge in [-0.3, -0.25) is 19.6 Å². The van der Waals surface area contributed by atoms with Gasteiger partial charge in [0, 0.05) is 7.05 Å². The van der Waals surface area contributed by atoms with Gasteiger partial charge in [-0.2, -0.15) is 5.10 Å². The van der Waals surface area contributed by atoms with Crippen LogP contribution in [0.4, 0.5) is 5.69 Å². The second-order valence-corrected chi connectivity index (χ2v) is 5.14. The standard InChI is InChI=1S/C15H18N4O3/c1-4-12(11-7-5-10(2)6-8-11)16-15(20)14-13(19(21)22)9-18(3)17-14/h5-9,12H,4H2,1-3H3,(H,16,20). The molecule has 0 radical (unpaired) electrons. The van der Waals surface area contributed by atoms with Gasteiger partial charge in [0.1, 0.15) is 6.20 Å². The van der Waals surface area contributed by atoms with Crippen LogP contribution in [-0.4, -0.2) is 20.6 Å². The minimum absolute atomic E-state index is 0.168. The number of aryl methyl sites for hydroxylation is 2. The molecule has 1 amide bonds. The number of carbonyl (C=O) groups is 1. The summed E-state index contributed by atoms with van der Waals surface area (Å²) in [6.45, 7) is 3.93. The summed E-state index contributed by atoms with van der Waals surface area (Å²) in [5, 5.41) is 17.7. The van der Waals surface area contributed by atoms with Crippen LogP contribution in [0, 0.1) is 17.0 Å². The Morgan fingerprint density at radius 1 is 1.41 bits per heavy atom. The highest BCUT2D eigenvalue weighted by Crippen LogP contribution is 2.20. The van der Waals surface area contributed by atoms with E-state index >= 15 is 0 Å². The summed E-state index contributed by atoms with van der Waals surface area (Å²) in [6.07, 6.45) is 1.90. The number of nitrogens with one attached hydrogen (secondary N) is 1. The lowest BCUT2D eigenvalue weighted by molar-refractivity contribution is -0.385. The van der Waals surface area contributed by atoms with Crippen LogP contribution in [0.5, 0.6) is 0 Å². The zero-order chi connectivity index (χ0) is 16.3. The van der Waals surface area contributed by atoms with Crippen LogP contribution in [0.1, 0.15) is 41.0 Å². The summed E-state index contributed by atoms with van der Waals surface area (Å²) in [7, 11) is 1.54. The summed E-state index contributed by atoms with van der Waals surface area (Å²) in [4.78, 5) is 22.7. The van der Waals surface area contributed by atoms with E-state index in [0.717, 1.165) is 11.1 Å². The molecule has 1 N–H and O–H groups in total. The first kappa shape index (κ1) is 15.7. The molecule has 1 heterocycles. The summed E-state index contributed by atoms with van der Waals surface area (Å²) >= 11 is 0. The Morgan fingerprint density at radius 3 is 2.59 bits per heavy atom. The molecule has 0 bridgehead atoms. The number of nitrogens with zero attached hydrogens (tertiary/aromatic N) is 3. The Labute approximate surface area is 128 Å². The number of hydrogen-bond acceptors (Lipinski definition) is 4. The van der Waals surface area contributed by atoms with E-state index in [1.54, 1.807) is 7.05 Å². The predicted octanol–water partition coefficient (Wildman–Crippen LogP) is 2.52. The highest BCUT2D eigenvalue weighted by atomic mass is 16.6. The first-order valence-corrected chi connectivity index (χ1v) is 6.97. The molecule has 7 nitrogen and oxygen atoms in total. The van der Waals surface area contributed by atoms with E-state index in [0.29, 0.717) is 6.42 Å². The first-order chi connectivity index (χ1) is 10.4. The maximum atomic E-state index is 12.3. The molecule has 0 aliphatic rings. The lowest BCUT2D eigenvalue weighted by Crippen LogP contribution is -2.29. The number of carbonyl (C=O) groups excluding carboxylic acids is 1. The number of nitro groups is 1. The molecule has 0 aliphatic carbocycles. The highest BCUT2D eigenvalue weighted by Gasteiger charge is 2.26. The van der Waals surface area contributed by atoms with Crippen LogP contribution >= 0.6 is 0 Å². The monoisotopic (exact) mass is 302 g/mol. The summed E-state index contributed by atoms with van der Waals surface area (Å²) in [5.74, 6) is -0.542. The number of aromatic nitrogens is 2. The van der Waals surface area contributed by atoms with Crippen LogP contribution in [0.25, 0.3) is 0 Å². The number of benzene rings is 1. The number of amides is 1. The van der Waals surface area contributed by atoms with Crippen LogP contribution in [-0.2, 0) is 7.05 Å². The van der Waals surface area contributed by atoms with E-state index in [4.69, 9.17) is 0 Å². The van der Waals surface area contributed by atoms with Crippen LogP contribution < -0.4 is 5.32 Å². The van der Waals surface area contributed by atoms with Gasteiger partial charge < -0.3 is 5.32 Å². The van der Waals surface area contributed by atoms with Crippen molar-refractivity contribution in [2.75, 3.05) is 0 Å². The van der Waals surface area contributed by atoms with Crippen LogP contribution in [0.15, 0.2) is 30.5 Å². The molecule has 0 saturated heterocycles. The topological polar surface area (TPSA) is 90.1 Å². The summed E-state index contributed by atoms with van der Waals surface area (Å²) in [6, 6.07) is 7.60. The van der Waals surface area contributed by atoms with Crippen molar-refractivity contribution >= 4 is 11.6 Å². The zero-order valence-electron chi connectivity index (χ0n) is 12.7. The van der Waals surface area contributed by atoms with E-state index in [1.807, 2.05) is 38.1 Å². The molecule has 2 aromatic rings. The molecule has 0 saturated carbocycles. The Hall–Kier alpha value is -2.70. The Kier molecular flexibility index (Phi) is 4.55. The van der Waals surface area contributed by atoms with Gasteiger partial charge in [0.05, 0.1) is 11.0 Å². The highest BCUT2D eigenvalue weighted by molar-refractivity contribution is 5.96. The van der Waals surface area contributed by atoms with Gasteiger partial charge in [0.25, 0.3) is 5.91 Å². The Balaban J connectivity index is 2.23. The molecule has 7 heteroatoms. The fraction of sp³-hybridized carbons (Fsp3) is 0.333. The summed E-state index contributed by atoms with van der Waals surface area (Å²) < 4.78 is 1.26. The van der Waals surface area contributed by atoms with Gasteiger partial charge in [-0.25, -0.2) is 0 Å². The van der Waals surface area contributed by atoms with Crippen molar-refractivity contribution in [3.8, 4) is 0 Å². The predicted molar refractivity (Wildman–Crippen MR) is 81.5 cm³/mol. The van der Waals surface area contributed by atoms with Crippen LogP contribution in [0.2, 0.25) is 0 Å². The third kappa shape index (κ3) is 3.30. The molecule has 1 aromatic carbocycles. The van der Waals surface area contributed by atoms with Crippen molar-refractivity contribution < 1.29 is 9.72 Å². The van der Waals surface area contributed by atoms with E-state index in [2.05, 4.69) is 10.4 Å². The molecule has 0 aliphatic heterocycles. The molecule has 1 aromatic heterocycles. The van der Waals surface area contributed by atoms with E-state index in [9.17, 15) is 14.9 Å². The van der Waals surface area contributed by atoms with Gasteiger partial charge in [0.15, 0.2) is 0 Å². The molecular weight excluding hydrogens is 284 g/mol. The number of hydrogen-bond donors (Lipinski definition) is 1. The maximum absolute atomic E-state index is 12.3.